The van der Waals surface area contributed by atoms with Crippen LogP contribution in [0.5, 0.6) is 11.5 Å². The van der Waals surface area contributed by atoms with Crippen LogP contribution in [0.2, 0.25) is 0 Å². The highest BCUT2D eigenvalue weighted by atomic mass is 32.2. The fourth-order valence-electron chi connectivity index (χ4n) is 2.79. The molecule has 1 saturated heterocycles. The second-order valence-electron chi connectivity index (χ2n) is 6.56. The highest BCUT2D eigenvalue weighted by Gasteiger charge is 2.32. The Hall–Kier alpha value is -2.31. The SMILES string of the molecule is CCOc1cc(/C=C2\SC(=S)N(Cc3ccccc3)C2=O)ccc1OC(C)C. The number of carbonyl (C=O) groups is 1. The average Bonchev–Trinajstić information content (AvgIpc) is 2.92. The van der Waals surface area contributed by atoms with Gasteiger partial charge in [-0.1, -0.05) is 60.4 Å². The predicted molar refractivity (Wildman–Crippen MR) is 119 cm³/mol. The second-order valence-corrected chi connectivity index (χ2v) is 8.24. The van der Waals surface area contributed by atoms with Crippen LogP contribution in [0, 0.1) is 0 Å². The van der Waals surface area contributed by atoms with E-state index in [1.165, 1.54) is 11.8 Å². The number of ether oxygens (including phenoxy) is 2. The summed E-state index contributed by atoms with van der Waals surface area (Å²) in [5, 5.41) is 0. The summed E-state index contributed by atoms with van der Waals surface area (Å²) in [7, 11) is 0. The molecule has 0 spiro atoms. The van der Waals surface area contributed by atoms with Crippen molar-refractivity contribution in [3.63, 3.8) is 0 Å². The van der Waals surface area contributed by atoms with Crippen LogP contribution >= 0.6 is 24.0 Å². The minimum atomic E-state index is -0.0701. The van der Waals surface area contributed by atoms with Crippen LogP contribution in [-0.2, 0) is 11.3 Å². The Morgan fingerprint density at radius 1 is 1.14 bits per heavy atom. The summed E-state index contributed by atoms with van der Waals surface area (Å²) in [6.07, 6.45) is 1.91. The van der Waals surface area contributed by atoms with Gasteiger partial charge in [-0.25, -0.2) is 0 Å². The van der Waals surface area contributed by atoms with Crippen molar-refractivity contribution in [3.05, 3.63) is 64.6 Å². The molecular formula is C22H23NO3S2. The van der Waals surface area contributed by atoms with Gasteiger partial charge in [-0.2, -0.15) is 0 Å². The minimum Gasteiger partial charge on any atom is -0.490 e. The van der Waals surface area contributed by atoms with E-state index in [1.807, 2.05) is 75.4 Å². The lowest BCUT2D eigenvalue weighted by molar-refractivity contribution is -0.122. The Balaban J connectivity index is 1.82. The second kappa shape index (κ2) is 9.26. The maximum Gasteiger partial charge on any atom is 0.266 e. The van der Waals surface area contributed by atoms with Crippen molar-refractivity contribution in [1.29, 1.82) is 0 Å². The Labute approximate surface area is 175 Å². The minimum absolute atomic E-state index is 0.0549. The van der Waals surface area contributed by atoms with E-state index in [0.29, 0.717) is 33.9 Å². The van der Waals surface area contributed by atoms with E-state index in [-0.39, 0.29) is 12.0 Å². The number of hydrogen-bond acceptors (Lipinski definition) is 5. The molecule has 1 aliphatic heterocycles. The molecular weight excluding hydrogens is 390 g/mol. The maximum atomic E-state index is 12.8. The summed E-state index contributed by atoms with van der Waals surface area (Å²) in [5.41, 5.74) is 1.92. The average molecular weight is 414 g/mol. The molecule has 1 fully saturated rings. The predicted octanol–water partition coefficient (Wildman–Crippen LogP) is 5.27. The summed E-state index contributed by atoms with van der Waals surface area (Å²) < 4.78 is 12.1. The van der Waals surface area contributed by atoms with E-state index < -0.39 is 0 Å². The molecule has 0 bridgehead atoms. The number of nitrogens with zero attached hydrogens (tertiary/aromatic N) is 1. The van der Waals surface area contributed by atoms with E-state index >= 15 is 0 Å². The van der Waals surface area contributed by atoms with Gasteiger partial charge in [0.25, 0.3) is 5.91 Å². The first kappa shape index (κ1) is 20.4. The molecule has 6 heteroatoms. The molecule has 0 unspecified atom stereocenters. The number of rotatable bonds is 7. The number of amides is 1. The van der Waals surface area contributed by atoms with Gasteiger partial charge in [0.2, 0.25) is 0 Å². The monoisotopic (exact) mass is 413 g/mol. The van der Waals surface area contributed by atoms with Crippen LogP contribution in [0.4, 0.5) is 0 Å². The van der Waals surface area contributed by atoms with Crippen molar-refractivity contribution in [3.8, 4) is 11.5 Å². The van der Waals surface area contributed by atoms with Crippen molar-refractivity contribution >= 4 is 40.3 Å². The third-order valence-electron chi connectivity index (χ3n) is 3.99. The fraction of sp³-hybridized carbons (Fsp3) is 0.273. The molecule has 0 saturated carbocycles. The van der Waals surface area contributed by atoms with Crippen molar-refractivity contribution in [2.75, 3.05) is 6.61 Å². The number of thioether (sulfide) groups is 1. The van der Waals surface area contributed by atoms with Gasteiger partial charge in [-0.15, -0.1) is 0 Å². The van der Waals surface area contributed by atoms with Crippen molar-refractivity contribution in [2.45, 2.75) is 33.4 Å². The standard InChI is InChI=1S/C22H23NO3S2/c1-4-25-19-12-17(10-11-18(19)26-15(2)3)13-20-21(24)23(22(27)28-20)14-16-8-6-5-7-9-16/h5-13,15H,4,14H2,1-3H3/b20-13-. The molecule has 4 nitrogen and oxygen atoms in total. The van der Waals surface area contributed by atoms with E-state index in [2.05, 4.69) is 0 Å². The summed E-state index contributed by atoms with van der Waals surface area (Å²) in [6.45, 7) is 6.90. The zero-order valence-corrected chi connectivity index (χ0v) is 17.8. The molecule has 146 valence electrons. The smallest absolute Gasteiger partial charge is 0.266 e. The van der Waals surface area contributed by atoms with E-state index in [9.17, 15) is 4.79 Å². The molecule has 1 aliphatic rings. The highest BCUT2D eigenvalue weighted by Crippen LogP contribution is 2.35. The summed E-state index contributed by atoms with van der Waals surface area (Å²) in [6, 6.07) is 15.5. The van der Waals surface area contributed by atoms with Crippen LogP contribution in [0.25, 0.3) is 6.08 Å². The zero-order chi connectivity index (χ0) is 20.1. The normalized spacial score (nSPS) is 15.6. The third-order valence-corrected chi connectivity index (χ3v) is 5.36. The molecule has 2 aromatic rings. The number of hydrogen-bond donors (Lipinski definition) is 0. The van der Waals surface area contributed by atoms with E-state index in [1.54, 1.807) is 4.90 Å². The molecule has 0 atom stereocenters. The number of carbonyl (C=O) groups excluding carboxylic acids is 1. The first-order valence-corrected chi connectivity index (χ1v) is 10.4. The molecule has 0 radical (unpaired) electrons. The maximum absolute atomic E-state index is 12.8. The first-order valence-electron chi connectivity index (χ1n) is 9.20. The van der Waals surface area contributed by atoms with Gasteiger partial charge in [0.1, 0.15) is 4.32 Å². The molecule has 3 rings (SSSR count). The quantitative estimate of drug-likeness (QED) is 0.456. The highest BCUT2D eigenvalue weighted by molar-refractivity contribution is 8.26. The Bertz CT molecular complexity index is 894. The van der Waals surface area contributed by atoms with Crippen molar-refractivity contribution in [2.24, 2.45) is 0 Å². The topological polar surface area (TPSA) is 38.8 Å². The Kier molecular flexibility index (Phi) is 6.75. The summed E-state index contributed by atoms with van der Waals surface area (Å²) in [5.74, 6) is 1.30. The Morgan fingerprint density at radius 3 is 2.57 bits per heavy atom. The van der Waals surface area contributed by atoms with Gasteiger partial charge in [-0.3, -0.25) is 9.69 Å². The molecule has 28 heavy (non-hydrogen) atoms. The zero-order valence-electron chi connectivity index (χ0n) is 16.2. The molecule has 0 aromatic heterocycles. The van der Waals surface area contributed by atoms with Gasteiger partial charge in [0.05, 0.1) is 24.2 Å². The summed E-state index contributed by atoms with van der Waals surface area (Å²) >= 11 is 6.75. The van der Waals surface area contributed by atoms with E-state index in [4.69, 9.17) is 21.7 Å². The van der Waals surface area contributed by atoms with Gasteiger partial charge in [0, 0.05) is 0 Å². The first-order chi connectivity index (χ1) is 13.5. The van der Waals surface area contributed by atoms with Crippen LogP contribution in [0.15, 0.2) is 53.4 Å². The summed E-state index contributed by atoms with van der Waals surface area (Å²) in [4.78, 5) is 15.1. The third kappa shape index (κ3) is 4.94. The lowest BCUT2D eigenvalue weighted by atomic mass is 10.1. The van der Waals surface area contributed by atoms with Gasteiger partial charge in [0.15, 0.2) is 11.5 Å². The molecule has 1 heterocycles. The largest absolute Gasteiger partial charge is 0.490 e. The molecule has 2 aromatic carbocycles. The molecule has 1 amide bonds. The van der Waals surface area contributed by atoms with Gasteiger partial charge in [-0.05, 0) is 50.1 Å². The lowest BCUT2D eigenvalue weighted by Crippen LogP contribution is -2.27. The lowest BCUT2D eigenvalue weighted by Gasteiger charge is -2.15. The van der Waals surface area contributed by atoms with E-state index in [0.717, 1.165) is 11.1 Å². The number of benzene rings is 2. The molecule has 0 aliphatic carbocycles. The van der Waals surface area contributed by atoms with Crippen LogP contribution in [0.1, 0.15) is 31.9 Å². The van der Waals surface area contributed by atoms with Crippen LogP contribution in [-0.4, -0.2) is 27.8 Å². The van der Waals surface area contributed by atoms with Gasteiger partial charge < -0.3 is 9.47 Å². The van der Waals surface area contributed by atoms with Gasteiger partial charge >= 0.3 is 0 Å². The molecule has 0 N–H and O–H groups in total. The van der Waals surface area contributed by atoms with Crippen LogP contribution < -0.4 is 9.47 Å². The van der Waals surface area contributed by atoms with Crippen LogP contribution in [0.3, 0.4) is 0 Å². The fourth-order valence-corrected chi connectivity index (χ4v) is 4.04. The van der Waals surface area contributed by atoms with Crippen molar-refractivity contribution in [1.82, 2.24) is 4.90 Å². The Morgan fingerprint density at radius 2 is 1.89 bits per heavy atom. The number of thiocarbonyl (C=S) groups is 1. The van der Waals surface area contributed by atoms with Crippen molar-refractivity contribution < 1.29 is 14.3 Å².